The molecule has 82 valence electrons. The molecule has 5 nitrogen and oxygen atoms in total. The van der Waals surface area contributed by atoms with Crippen LogP contribution in [0.1, 0.15) is 12.8 Å². The molecule has 1 aromatic carbocycles. The maximum Gasteiger partial charge on any atom is 0.281 e. The molecule has 0 saturated carbocycles. The van der Waals surface area contributed by atoms with Gasteiger partial charge in [0.2, 0.25) is 11.0 Å². The quantitative estimate of drug-likeness (QED) is 0.472. The van der Waals surface area contributed by atoms with E-state index in [2.05, 4.69) is 9.79 Å². The number of nitrogens with zero attached hydrogens (tertiary/aromatic N) is 4. The highest BCUT2D eigenvalue weighted by atomic mass is 16.5. The number of aromatic nitrogens is 3. The molecule has 1 aliphatic rings. The van der Waals surface area contributed by atoms with Gasteiger partial charge in [-0.3, -0.25) is 4.58 Å². The molecule has 0 aliphatic carbocycles. The average molecular weight is 217 g/mol. The van der Waals surface area contributed by atoms with Gasteiger partial charge in [-0.1, -0.05) is 16.8 Å². The van der Waals surface area contributed by atoms with Crippen molar-refractivity contribution in [1.29, 1.82) is 0 Å². The number of para-hydroxylation sites is 2. The average Bonchev–Trinajstić information content (AvgIpc) is 2.84. The van der Waals surface area contributed by atoms with Gasteiger partial charge in [-0.15, -0.1) is 4.85 Å². The van der Waals surface area contributed by atoms with Crippen molar-refractivity contribution in [3.8, 4) is 0 Å². The van der Waals surface area contributed by atoms with Crippen molar-refractivity contribution in [3.05, 3.63) is 29.5 Å². The second kappa shape index (κ2) is 3.30. The van der Waals surface area contributed by atoms with E-state index >= 15 is 0 Å². The fourth-order valence-corrected chi connectivity index (χ4v) is 2.24. The molecule has 1 aliphatic heterocycles. The van der Waals surface area contributed by atoms with Gasteiger partial charge < -0.3 is 5.21 Å². The number of rotatable bonds is 0. The number of benzene rings is 1. The van der Waals surface area contributed by atoms with E-state index in [1.165, 1.54) is 0 Å². The highest BCUT2D eigenvalue weighted by Crippen LogP contribution is 2.12. The molecule has 0 fully saturated rings. The summed E-state index contributed by atoms with van der Waals surface area (Å²) in [5.74, 6) is 1.10. The number of hydrogen-bond acceptors (Lipinski definition) is 2. The van der Waals surface area contributed by atoms with Crippen molar-refractivity contribution in [1.82, 2.24) is 9.90 Å². The second-order valence-corrected chi connectivity index (χ2v) is 4.10. The largest absolute Gasteiger partial charge is 0.691 e. The van der Waals surface area contributed by atoms with E-state index in [9.17, 15) is 5.21 Å². The van der Waals surface area contributed by atoms with Crippen LogP contribution in [-0.4, -0.2) is 33.9 Å². The summed E-state index contributed by atoms with van der Waals surface area (Å²) in [5, 5.41) is 15.6. The zero-order valence-corrected chi connectivity index (χ0v) is 9.13. The van der Waals surface area contributed by atoms with Gasteiger partial charge in [-0.05, 0) is 18.6 Å². The molecule has 3 rings (SSSR count). The number of fused-ring (bicyclic) bond motifs is 1. The first-order valence-corrected chi connectivity index (χ1v) is 5.42. The topological polar surface area (TPSA) is 47.8 Å². The molecule has 0 unspecified atom stereocenters. The monoisotopic (exact) mass is 217 g/mol. The minimum atomic E-state index is 0.621. The van der Waals surface area contributed by atoms with Crippen LogP contribution in [0.3, 0.4) is 0 Å². The fourth-order valence-electron chi connectivity index (χ4n) is 2.24. The van der Waals surface area contributed by atoms with Gasteiger partial charge in [-0.25, -0.2) is 0 Å². The van der Waals surface area contributed by atoms with Crippen LogP contribution in [0, 0.1) is 5.21 Å². The molecule has 0 amide bonds. The summed E-state index contributed by atoms with van der Waals surface area (Å²) >= 11 is 0. The highest BCUT2D eigenvalue weighted by Gasteiger charge is 2.26. The van der Waals surface area contributed by atoms with E-state index in [0.29, 0.717) is 10.4 Å². The molecule has 0 radical (unpaired) electrons. The Labute approximate surface area is 92.8 Å². The summed E-state index contributed by atoms with van der Waals surface area (Å²) in [7, 11) is 2.04. The summed E-state index contributed by atoms with van der Waals surface area (Å²) in [4.78, 5) is 0.689. The zero-order valence-electron chi connectivity index (χ0n) is 9.13. The van der Waals surface area contributed by atoms with Gasteiger partial charge >= 0.3 is 0 Å². The molecule has 0 spiro atoms. The molecule has 5 heteroatoms. The van der Waals surface area contributed by atoms with Crippen LogP contribution < -0.4 is 4.85 Å². The van der Waals surface area contributed by atoms with Gasteiger partial charge in [0.15, 0.2) is 0 Å². The van der Waals surface area contributed by atoms with Gasteiger partial charge in [-0.2, -0.15) is 0 Å². The van der Waals surface area contributed by atoms with Gasteiger partial charge in [0, 0.05) is 0 Å². The summed E-state index contributed by atoms with van der Waals surface area (Å²) in [6.07, 6.45) is 2.10. The molecule has 1 aromatic heterocycles. The van der Waals surface area contributed by atoms with Crippen LogP contribution in [0.25, 0.3) is 11.0 Å². The Kier molecular flexibility index (Phi) is 1.92. The lowest BCUT2D eigenvalue weighted by Crippen LogP contribution is -2.31. The van der Waals surface area contributed by atoms with E-state index in [4.69, 9.17) is 0 Å². The molecular formula is C11H13N4O+. The first-order chi connectivity index (χ1) is 7.77. The SMILES string of the molecule is C[N+]1=C(n2n[n+]([O-])c3ccccc32)CCC1. The van der Waals surface area contributed by atoms with Crippen molar-refractivity contribution < 1.29 is 9.42 Å². The maximum absolute atomic E-state index is 11.6. The smallest absolute Gasteiger partial charge is 0.281 e. The lowest BCUT2D eigenvalue weighted by Gasteiger charge is -1.94. The summed E-state index contributed by atoms with van der Waals surface area (Å²) < 4.78 is 3.91. The highest BCUT2D eigenvalue weighted by molar-refractivity contribution is 5.88. The predicted octanol–water partition coefficient (Wildman–Crippen LogP) is 0.352. The minimum Gasteiger partial charge on any atom is -0.691 e. The Morgan fingerprint density at radius 3 is 2.94 bits per heavy atom. The molecule has 2 heterocycles. The van der Waals surface area contributed by atoms with Crippen molar-refractivity contribution in [2.75, 3.05) is 13.6 Å². The van der Waals surface area contributed by atoms with Crippen molar-refractivity contribution >= 4 is 16.9 Å². The Morgan fingerprint density at radius 1 is 1.38 bits per heavy atom. The Bertz CT molecular complexity index is 585. The van der Waals surface area contributed by atoms with Crippen LogP contribution in [0.15, 0.2) is 24.3 Å². The maximum atomic E-state index is 11.6. The molecular weight excluding hydrogens is 204 g/mol. The third-order valence-corrected chi connectivity index (χ3v) is 3.07. The van der Waals surface area contributed by atoms with Crippen LogP contribution in [-0.2, 0) is 0 Å². The summed E-state index contributed by atoms with van der Waals surface area (Å²) in [5.41, 5.74) is 1.50. The minimum absolute atomic E-state index is 0.621. The molecule has 2 aromatic rings. The zero-order chi connectivity index (χ0) is 11.1. The summed E-state index contributed by atoms with van der Waals surface area (Å²) in [6, 6.07) is 7.50. The van der Waals surface area contributed by atoms with Crippen LogP contribution in [0.5, 0.6) is 0 Å². The van der Waals surface area contributed by atoms with E-state index in [-0.39, 0.29) is 0 Å². The number of hydrogen-bond donors (Lipinski definition) is 0. The lowest BCUT2D eigenvalue weighted by atomic mass is 10.3. The molecule has 16 heavy (non-hydrogen) atoms. The van der Waals surface area contributed by atoms with Crippen LogP contribution in [0.4, 0.5) is 0 Å². The van der Waals surface area contributed by atoms with Crippen molar-refractivity contribution in [2.24, 2.45) is 0 Å². The first kappa shape index (κ1) is 9.33. The van der Waals surface area contributed by atoms with E-state index < -0.39 is 0 Å². The molecule has 0 N–H and O–H groups in total. The third-order valence-electron chi connectivity index (χ3n) is 3.07. The molecule has 0 bridgehead atoms. The predicted molar refractivity (Wildman–Crippen MR) is 59.4 cm³/mol. The lowest BCUT2D eigenvalue weighted by molar-refractivity contribution is -0.645. The summed E-state index contributed by atoms with van der Waals surface area (Å²) in [6.45, 7) is 1.03. The normalized spacial score (nSPS) is 16.3. The van der Waals surface area contributed by atoms with Crippen molar-refractivity contribution in [3.63, 3.8) is 0 Å². The Balaban J connectivity index is 2.28. The van der Waals surface area contributed by atoms with Gasteiger partial charge in [0.25, 0.3) is 5.84 Å². The van der Waals surface area contributed by atoms with E-state index in [1.807, 2.05) is 25.2 Å². The third kappa shape index (κ3) is 1.21. The fraction of sp³-hybridized carbons (Fsp3) is 0.364. The standard InChI is InChI=1S/C11H13N4O/c1-13-8-4-7-11(13)14-9-5-2-3-6-10(9)15(16)12-14/h2-3,5-6H,4,7-8H2,1H3/q+1. The van der Waals surface area contributed by atoms with Crippen LogP contribution in [0.2, 0.25) is 0 Å². The van der Waals surface area contributed by atoms with E-state index in [0.717, 1.165) is 30.7 Å². The van der Waals surface area contributed by atoms with Gasteiger partial charge in [0.05, 0.1) is 20.0 Å². The Hall–Kier alpha value is -1.91. The first-order valence-electron chi connectivity index (χ1n) is 5.42. The van der Waals surface area contributed by atoms with E-state index in [1.54, 1.807) is 10.7 Å². The molecule has 0 saturated heterocycles. The van der Waals surface area contributed by atoms with Crippen LogP contribution >= 0.6 is 0 Å². The Morgan fingerprint density at radius 2 is 2.19 bits per heavy atom. The van der Waals surface area contributed by atoms with Crippen molar-refractivity contribution in [2.45, 2.75) is 12.8 Å². The van der Waals surface area contributed by atoms with Gasteiger partial charge in [0.1, 0.15) is 5.21 Å². The second-order valence-electron chi connectivity index (χ2n) is 4.10. The molecule has 0 atom stereocenters.